The van der Waals surface area contributed by atoms with Crippen molar-refractivity contribution < 1.29 is 9.84 Å². The Morgan fingerprint density at radius 1 is 0.667 bits per heavy atom. The van der Waals surface area contributed by atoms with E-state index in [9.17, 15) is 5.11 Å². The molecule has 0 saturated carbocycles. The molecule has 0 amide bonds. The zero-order chi connectivity index (χ0) is 16.4. The Morgan fingerprint density at radius 2 is 1.17 bits per heavy atom. The van der Waals surface area contributed by atoms with Crippen LogP contribution in [0.25, 0.3) is 11.5 Å². The number of benzene rings is 3. The van der Waals surface area contributed by atoms with Crippen molar-refractivity contribution in [2.75, 3.05) is 0 Å². The van der Waals surface area contributed by atoms with Crippen LogP contribution in [-0.4, -0.2) is 5.11 Å². The highest BCUT2D eigenvalue weighted by Crippen LogP contribution is 2.39. The average Bonchev–Trinajstić information content (AvgIpc) is 3.03. The van der Waals surface area contributed by atoms with E-state index in [1.807, 2.05) is 91.0 Å². The summed E-state index contributed by atoms with van der Waals surface area (Å²) in [5.74, 6) is -0.953. The molecule has 118 valence electrons. The molecule has 0 aliphatic carbocycles. The van der Waals surface area contributed by atoms with E-state index in [0.29, 0.717) is 11.3 Å². The molecule has 1 aliphatic heterocycles. The lowest BCUT2D eigenvalue weighted by atomic mass is 10.1. The van der Waals surface area contributed by atoms with Crippen LogP contribution in [0.2, 0.25) is 0 Å². The fourth-order valence-corrected chi connectivity index (χ4v) is 2.85. The van der Waals surface area contributed by atoms with Gasteiger partial charge in [-0.05, 0) is 0 Å². The topological polar surface area (TPSA) is 41.5 Å². The van der Waals surface area contributed by atoms with Gasteiger partial charge in [-0.25, -0.2) is 0 Å². The van der Waals surface area contributed by atoms with Gasteiger partial charge in [-0.2, -0.15) is 0 Å². The molecule has 0 aromatic heterocycles. The second kappa shape index (κ2) is 5.87. The SMILES string of the molecule is OC1(c2ccccc2)NC(c2ccccc2)=C(c2ccccc2)O1. The first-order valence-electron chi connectivity index (χ1n) is 7.86. The second-order valence-electron chi connectivity index (χ2n) is 5.67. The molecule has 0 radical (unpaired) electrons. The van der Waals surface area contributed by atoms with Gasteiger partial charge in [0.2, 0.25) is 0 Å². The van der Waals surface area contributed by atoms with E-state index in [1.54, 1.807) is 0 Å². The van der Waals surface area contributed by atoms with Crippen LogP contribution < -0.4 is 5.32 Å². The molecule has 1 atom stereocenters. The normalized spacial score (nSPS) is 19.7. The van der Waals surface area contributed by atoms with Gasteiger partial charge in [-0.1, -0.05) is 91.0 Å². The van der Waals surface area contributed by atoms with E-state index >= 15 is 0 Å². The minimum Gasteiger partial charge on any atom is -0.438 e. The van der Waals surface area contributed by atoms with Crippen LogP contribution in [0.5, 0.6) is 0 Å². The molecular formula is C21H17NO2. The third-order valence-electron chi connectivity index (χ3n) is 4.03. The quantitative estimate of drug-likeness (QED) is 0.769. The average molecular weight is 315 g/mol. The third kappa shape index (κ3) is 2.55. The molecule has 1 unspecified atom stereocenters. The number of hydrogen-bond acceptors (Lipinski definition) is 3. The minimum atomic E-state index is -1.59. The van der Waals surface area contributed by atoms with Gasteiger partial charge < -0.3 is 15.2 Å². The van der Waals surface area contributed by atoms with Crippen LogP contribution in [0.3, 0.4) is 0 Å². The molecule has 1 aliphatic rings. The largest absolute Gasteiger partial charge is 0.438 e. The molecule has 24 heavy (non-hydrogen) atoms. The standard InChI is InChI=1S/C21H17NO2/c23-21(18-14-8-3-9-15-18)22-19(16-10-4-1-5-11-16)20(24-21)17-12-6-2-7-13-17/h1-15,22-23H. The van der Waals surface area contributed by atoms with Crippen LogP contribution in [0.1, 0.15) is 16.7 Å². The molecule has 3 aromatic rings. The number of rotatable bonds is 3. The smallest absolute Gasteiger partial charge is 0.318 e. The van der Waals surface area contributed by atoms with Crippen LogP contribution in [0.4, 0.5) is 0 Å². The summed E-state index contributed by atoms with van der Waals surface area (Å²) >= 11 is 0. The summed E-state index contributed by atoms with van der Waals surface area (Å²) in [4.78, 5) is 0. The van der Waals surface area contributed by atoms with Crippen molar-refractivity contribution >= 4 is 11.5 Å². The van der Waals surface area contributed by atoms with Crippen LogP contribution >= 0.6 is 0 Å². The van der Waals surface area contributed by atoms with E-state index in [2.05, 4.69) is 5.32 Å². The van der Waals surface area contributed by atoms with Gasteiger partial charge in [0.05, 0.1) is 5.70 Å². The number of hydrogen-bond donors (Lipinski definition) is 2. The highest BCUT2D eigenvalue weighted by molar-refractivity contribution is 5.88. The van der Waals surface area contributed by atoms with E-state index in [-0.39, 0.29) is 0 Å². The Balaban J connectivity index is 1.82. The predicted molar refractivity (Wildman–Crippen MR) is 94.3 cm³/mol. The summed E-state index contributed by atoms with van der Waals surface area (Å²) in [7, 11) is 0. The predicted octanol–water partition coefficient (Wildman–Crippen LogP) is 3.94. The molecule has 0 fully saturated rings. The molecule has 0 saturated heterocycles. The maximum atomic E-state index is 11.1. The van der Waals surface area contributed by atoms with Gasteiger partial charge in [-0.3, -0.25) is 0 Å². The van der Waals surface area contributed by atoms with E-state index in [1.165, 1.54) is 0 Å². The Hall–Kier alpha value is -3.04. The fraction of sp³-hybridized carbons (Fsp3) is 0.0476. The van der Waals surface area contributed by atoms with Crippen LogP contribution in [-0.2, 0) is 10.6 Å². The zero-order valence-corrected chi connectivity index (χ0v) is 13.0. The monoisotopic (exact) mass is 315 g/mol. The first kappa shape index (κ1) is 14.5. The lowest BCUT2D eigenvalue weighted by molar-refractivity contribution is -0.167. The van der Waals surface area contributed by atoms with Gasteiger partial charge in [-0.15, -0.1) is 0 Å². The van der Waals surface area contributed by atoms with Crippen LogP contribution in [0.15, 0.2) is 91.0 Å². The van der Waals surface area contributed by atoms with Crippen molar-refractivity contribution in [2.45, 2.75) is 5.91 Å². The summed E-state index contributed by atoms with van der Waals surface area (Å²) in [6.45, 7) is 0. The van der Waals surface area contributed by atoms with E-state index in [4.69, 9.17) is 4.74 Å². The van der Waals surface area contributed by atoms with Gasteiger partial charge in [0, 0.05) is 16.7 Å². The van der Waals surface area contributed by atoms with Crippen molar-refractivity contribution in [3.05, 3.63) is 108 Å². The Bertz CT molecular complexity index is 807. The Kier molecular flexibility index (Phi) is 3.56. The van der Waals surface area contributed by atoms with Crippen molar-refractivity contribution in [3.8, 4) is 0 Å². The molecule has 3 heteroatoms. The molecule has 2 N–H and O–H groups in total. The Morgan fingerprint density at radius 3 is 1.75 bits per heavy atom. The van der Waals surface area contributed by atoms with Crippen molar-refractivity contribution in [1.82, 2.24) is 5.32 Å². The molecule has 1 heterocycles. The highest BCUT2D eigenvalue weighted by atomic mass is 16.7. The van der Waals surface area contributed by atoms with Crippen molar-refractivity contribution in [3.63, 3.8) is 0 Å². The van der Waals surface area contributed by atoms with Gasteiger partial charge in [0.1, 0.15) is 0 Å². The number of aliphatic hydroxyl groups is 1. The summed E-state index contributed by atoms with van der Waals surface area (Å²) in [5, 5.41) is 14.2. The van der Waals surface area contributed by atoms with E-state index in [0.717, 1.165) is 16.8 Å². The summed E-state index contributed by atoms with van der Waals surface area (Å²) < 4.78 is 6.01. The fourth-order valence-electron chi connectivity index (χ4n) is 2.85. The van der Waals surface area contributed by atoms with Gasteiger partial charge in [0.25, 0.3) is 0 Å². The number of nitrogens with one attached hydrogen (secondary N) is 1. The summed E-state index contributed by atoms with van der Waals surface area (Å²) in [6.07, 6.45) is 0. The molecular weight excluding hydrogens is 298 g/mol. The van der Waals surface area contributed by atoms with Crippen molar-refractivity contribution in [2.24, 2.45) is 0 Å². The van der Waals surface area contributed by atoms with Crippen molar-refractivity contribution in [1.29, 1.82) is 0 Å². The molecule has 0 spiro atoms. The summed E-state index contributed by atoms with van der Waals surface area (Å²) in [6, 6.07) is 29.0. The molecule has 3 nitrogen and oxygen atoms in total. The van der Waals surface area contributed by atoms with Crippen LogP contribution in [0, 0.1) is 0 Å². The third-order valence-corrected chi connectivity index (χ3v) is 4.03. The second-order valence-corrected chi connectivity index (χ2v) is 5.67. The molecule has 0 bridgehead atoms. The molecule has 4 rings (SSSR count). The highest BCUT2D eigenvalue weighted by Gasteiger charge is 2.41. The minimum absolute atomic E-state index is 0.633. The van der Waals surface area contributed by atoms with E-state index < -0.39 is 5.91 Å². The maximum absolute atomic E-state index is 11.1. The lowest BCUT2D eigenvalue weighted by Gasteiger charge is -2.24. The lowest BCUT2D eigenvalue weighted by Crippen LogP contribution is -2.38. The number of ether oxygens (including phenoxy) is 1. The first-order valence-corrected chi connectivity index (χ1v) is 7.86. The maximum Gasteiger partial charge on any atom is 0.318 e. The van der Waals surface area contributed by atoms with Gasteiger partial charge in [0.15, 0.2) is 5.76 Å². The van der Waals surface area contributed by atoms with Gasteiger partial charge >= 0.3 is 5.91 Å². The summed E-state index contributed by atoms with van der Waals surface area (Å²) in [5.41, 5.74) is 3.30. The Labute approximate surface area is 140 Å². The zero-order valence-electron chi connectivity index (χ0n) is 13.0. The molecule has 3 aromatic carbocycles. The first-order chi connectivity index (χ1) is 11.8.